The molecule has 0 spiro atoms. The van der Waals surface area contributed by atoms with Gasteiger partial charge in [0.25, 0.3) is 5.91 Å². The molecule has 2 aromatic carbocycles. The fraction of sp³-hybridized carbons (Fsp3) is 0.316. The monoisotopic (exact) mass is 313 g/mol. The molecule has 4 heteroatoms. The first-order valence-corrected chi connectivity index (χ1v) is 7.61. The van der Waals surface area contributed by atoms with Crippen molar-refractivity contribution < 1.29 is 14.3 Å². The van der Waals surface area contributed by atoms with Gasteiger partial charge in [-0.1, -0.05) is 24.3 Å². The summed E-state index contributed by atoms with van der Waals surface area (Å²) >= 11 is 0. The number of ether oxygens (including phenoxy) is 2. The SMILES string of the molecule is COc1ccc(CN(C)C(=O)[C@H](C)Oc2cccc(C)c2)cc1. The van der Waals surface area contributed by atoms with Crippen molar-refractivity contribution in [1.82, 2.24) is 4.90 Å². The third-order valence-corrected chi connectivity index (χ3v) is 3.61. The van der Waals surface area contributed by atoms with Gasteiger partial charge in [0.1, 0.15) is 11.5 Å². The Balaban J connectivity index is 1.95. The lowest BCUT2D eigenvalue weighted by Gasteiger charge is -2.22. The second-order valence-electron chi connectivity index (χ2n) is 5.62. The van der Waals surface area contributed by atoms with Crippen LogP contribution in [0.4, 0.5) is 0 Å². The quantitative estimate of drug-likeness (QED) is 0.820. The Morgan fingerprint density at radius 2 is 1.83 bits per heavy atom. The third-order valence-electron chi connectivity index (χ3n) is 3.61. The lowest BCUT2D eigenvalue weighted by molar-refractivity contribution is -0.137. The van der Waals surface area contributed by atoms with E-state index in [0.29, 0.717) is 12.3 Å². The summed E-state index contributed by atoms with van der Waals surface area (Å²) in [6, 6.07) is 15.4. The second kappa shape index (κ2) is 7.68. The van der Waals surface area contributed by atoms with Gasteiger partial charge >= 0.3 is 0 Å². The molecule has 122 valence electrons. The number of hydrogen-bond donors (Lipinski definition) is 0. The van der Waals surface area contributed by atoms with Gasteiger partial charge in [0.05, 0.1) is 7.11 Å². The molecular formula is C19H23NO3. The van der Waals surface area contributed by atoms with Gasteiger partial charge in [0.2, 0.25) is 0 Å². The van der Waals surface area contributed by atoms with E-state index in [0.717, 1.165) is 16.9 Å². The minimum Gasteiger partial charge on any atom is -0.497 e. The molecule has 0 heterocycles. The molecule has 0 N–H and O–H groups in total. The number of amides is 1. The average Bonchev–Trinajstić information content (AvgIpc) is 2.54. The molecule has 1 amide bonds. The van der Waals surface area contributed by atoms with Crippen LogP contribution in [0.3, 0.4) is 0 Å². The van der Waals surface area contributed by atoms with Crippen LogP contribution in [-0.2, 0) is 11.3 Å². The third kappa shape index (κ3) is 4.74. The molecule has 0 bridgehead atoms. The Kier molecular flexibility index (Phi) is 5.63. The number of benzene rings is 2. The number of carbonyl (C=O) groups is 1. The molecule has 0 aromatic heterocycles. The first-order chi connectivity index (χ1) is 11.0. The van der Waals surface area contributed by atoms with Crippen LogP contribution in [-0.4, -0.2) is 31.1 Å². The predicted octanol–water partition coefficient (Wildman–Crippen LogP) is 3.43. The molecule has 2 rings (SSSR count). The highest BCUT2D eigenvalue weighted by Gasteiger charge is 2.19. The summed E-state index contributed by atoms with van der Waals surface area (Å²) in [4.78, 5) is 14.1. The minimum atomic E-state index is -0.528. The van der Waals surface area contributed by atoms with Crippen molar-refractivity contribution in [3.63, 3.8) is 0 Å². The topological polar surface area (TPSA) is 38.8 Å². The molecule has 0 fully saturated rings. The maximum atomic E-state index is 12.4. The van der Waals surface area contributed by atoms with Gasteiger partial charge in [-0.3, -0.25) is 4.79 Å². The Hall–Kier alpha value is -2.49. The Morgan fingerprint density at radius 1 is 1.13 bits per heavy atom. The molecule has 0 aliphatic carbocycles. The molecular weight excluding hydrogens is 290 g/mol. The highest BCUT2D eigenvalue weighted by atomic mass is 16.5. The highest BCUT2D eigenvalue weighted by molar-refractivity contribution is 5.80. The van der Waals surface area contributed by atoms with Crippen molar-refractivity contribution in [1.29, 1.82) is 0 Å². The van der Waals surface area contributed by atoms with E-state index in [1.807, 2.05) is 55.5 Å². The molecule has 0 radical (unpaired) electrons. The number of methoxy groups -OCH3 is 1. The lowest BCUT2D eigenvalue weighted by atomic mass is 10.2. The zero-order valence-corrected chi connectivity index (χ0v) is 14.1. The van der Waals surface area contributed by atoms with Crippen molar-refractivity contribution in [3.8, 4) is 11.5 Å². The van der Waals surface area contributed by atoms with Gasteiger partial charge in [0, 0.05) is 13.6 Å². The fourth-order valence-electron chi connectivity index (χ4n) is 2.34. The Morgan fingerprint density at radius 3 is 2.43 bits per heavy atom. The van der Waals surface area contributed by atoms with Crippen LogP contribution in [0.25, 0.3) is 0 Å². The number of rotatable bonds is 6. The van der Waals surface area contributed by atoms with Gasteiger partial charge in [-0.25, -0.2) is 0 Å². The summed E-state index contributed by atoms with van der Waals surface area (Å²) in [6.07, 6.45) is -0.528. The van der Waals surface area contributed by atoms with Crippen molar-refractivity contribution in [3.05, 3.63) is 59.7 Å². The standard InChI is InChI=1S/C19H23NO3/c1-14-6-5-7-18(12-14)23-15(2)19(21)20(3)13-16-8-10-17(22-4)11-9-16/h5-12,15H,13H2,1-4H3/t15-/m0/s1. The van der Waals surface area contributed by atoms with Gasteiger partial charge < -0.3 is 14.4 Å². The van der Waals surface area contributed by atoms with E-state index in [1.165, 1.54) is 0 Å². The second-order valence-corrected chi connectivity index (χ2v) is 5.62. The van der Waals surface area contributed by atoms with Crippen LogP contribution in [0.5, 0.6) is 11.5 Å². The van der Waals surface area contributed by atoms with Crippen LogP contribution in [0, 0.1) is 6.92 Å². The minimum absolute atomic E-state index is 0.0534. The Labute approximate surface area is 137 Å². The predicted molar refractivity (Wildman–Crippen MR) is 90.7 cm³/mol. The molecule has 0 saturated heterocycles. The van der Waals surface area contributed by atoms with E-state index in [1.54, 1.807) is 26.0 Å². The maximum Gasteiger partial charge on any atom is 0.263 e. The summed E-state index contributed by atoms with van der Waals surface area (Å²) < 4.78 is 10.9. The molecule has 0 saturated carbocycles. The summed E-state index contributed by atoms with van der Waals surface area (Å²) in [5, 5.41) is 0. The zero-order chi connectivity index (χ0) is 16.8. The van der Waals surface area contributed by atoms with Crippen molar-refractivity contribution in [2.24, 2.45) is 0 Å². The molecule has 2 aromatic rings. The first kappa shape index (κ1) is 16.9. The summed E-state index contributed by atoms with van der Waals surface area (Å²) in [5.74, 6) is 1.46. The first-order valence-electron chi connectivity index (χ1n) is 7.61. The number of nitrogens with zero attached hydrogens (tertiary/aromatic N) is 1. The van der Waals surface area contributed by atoms with Crippen molar-refractivity contribution in [2.45, 2.75) is 26.5 Å². The van der Waals surface area contributed by atoms with Crippen LogP contribution in [0.1, 0.15) is 18.1 Å². The molecule has 4 nitrogen and oxygen atoms in total. The van der Waals surface area contributed by atoms with Gasteiger partial charge in [0.15, 0.2) is 6.10 Å². The number of hydrogen-bond acceptors (Lipinski definition) is 3. The Bertz CT molecular complexity index is 652. The van der Waals surface area contributed by atoms with Crippen LogP contribution in [0.15, 0.2) is 48.5 Å². The molecule has 0 unspecified atom stereocenters. The smallest absolute Gasteiger partial charge is 0.263 e. The van der Waals surface area contributed by atoms with E-state index >= 15 is 0 Å². The molecule has 23 heavy (non-hydrogen) atoms. The fourth-order valence-corrected chi connectivity index (χ4v) is 2.34. The van der Waals surface area contributed by atoms with Gasteiger partial charge in [-0.2, -0.15) is 0 Å². The van der Waals surface area contributed by atoms with Crippen LogP contribution in [0.2, 0.25) is 0 Å². The maximum absolute atomic E-state index is 12.4. The average molecular weight is 313 g/mol. The lowest BCUT2D eigenvalue weighted by Crippen LogP contribution is -2.37. The number of aryl methyl sites for hydroxylation is 1. The molecule has 0 aliphatic heterocycles. The van der Waals surface area contributed by atoms with Crippen molar-refractivity contribution >= 4 is 5.91 Å². The summed E-state index contributed by atoms with van der Waals surface area (Å²) in [6.45, 7) is 4.30. The number of carbonyl (C=O) groups excluding carboxylic acids is 1. The van der Waals surface area contributed by atoms with Gasteiger partial charge in [-0.05, 0) is 49.2 Å². The van der Waals surface area contributed by atoms with Gasteiger partial charge in [-0.15, -0.1) is 0 Å². The van der Waals surface area contributed by atoms with Crippen molar-refractivity contribution in [2.75, 3.05) is 14.2 Å². The highest BCUT2D eigenvalue weighted by Crippen LogP contribution is 2.16. The van der Waals surface area contributed by atoms with E-state index in [-0.39, 0.29) is 5.91 Å². The molecule has 1 atom stereocenters. The zero-order valence-electron chi connectivity index (χ0n) is 14.1. The number of likely N-dealkylation sites (N-methyl/N-ethyl adjacent to an activating group) is 1. The molecule has 0 aliphatic rings. The largest absolute Gasteiger partial charge is 0.497 e. The van der Waals surface area contributed by atoms with E-state index in [9.17, 15) is 4.79 Å². The van der Waals surface area contributed by atoms with Crippen LogP contribution < -0.4 is 9.47 Å². The van der Waals surface area contributed by atoms with E-state index < -0.39 is 6.10 Å². The normalized spacial score (nSPS) is 11.7. The van der Waals surface area contributed by atoms with E-state index in [2.05, 4.69) is 0 Å². The summed E-state index contributed by atoms with van der Waals surface area (Å²) in [7, 11) is 3.41. The summed E-state index contributed by atoms with van der Waals surface area (Å²) in [5.41, 5.74) is 2.15. The van der Waals surface area contributed by atoms with E-state index in [4.69, 9.17) is 9.47 Å². The van der Waals surface area contributed by atoms with Crippen LogP contribution >= 0.6 is 0 Å².